The van der Waals surface area contributed by atoms with Crippen molar-refractivity contribution in [3.05, 3.63) is 0 Å². The molecule has 3 aliphatic heterocycles. The zero-order valence-corrected chi connectivity index (χ0v) is 17.4. The summed E-state index contributed by atoms with van der Waals surface area (Å²) in [6.07, 6.45) is 6.40. The smallest absolute Gasteiger partial charge is 0.409 e. The molecule has 0 unspecified atom stereocenters. The third kappa shape index (κ3) is 2.97. The van der Waals surface area contributed by atoms with Crippen molar-refractivity contribution in [1.29, 1.82) is 0 Å². The Hall–Kier alpha value is -1.99. The summed E-state index contributed by atoms with van der Waals surface area (Å²) in [6.45, 7) is 6.73. The minimum Gasteiger partial charge on any atom is -0.449 e. The number of hydrogen-bond acceptors (Lipinski definition) is 4. The number of ether oxygens (including phenoxy) is 1. The predicted octanol–water partition coefficient (Wildman–Crippen LogP) is 1.89. The second kappa shape index (κ2) is 6.77. The van der Waals surface area contributed by atoms with Gasteiger partial charge in [0.05, 0.1) is 12.6 Å². The first kappa shape index (κ1) is 19.0. The van der Waals surface area contributed by atoms with E-state index in [1.165, 1.54) is 0 Å². The van der Waals surface area contributed by atoms with Crippen molar-refractivity contribution in [3.8, 4) is 0 Å². The molecule has 0 N–H and O–H groups in total. The van der Waals surface area contributed by atoms with Crippen molar-refractivity contribution in [2.24, 2.45) is 5.41 Å². The quantitative estimate of drug-likeness (QED) is 0.634. The van der Waals surface area contributed by atoms with Gasteiger partial charge in [0.2, 0.25) is 5.91 Å². The molecule has 160 valence electrons. The van der Waals surface area contributed by atoms with Gasteiger partial charge >= 0.3 is 12.1 Å². The van der Waals surface area contributed by atoms with Crippen LogP contribution in [0.5, 0.6) is 0 Å². The van der Waals surface area contributed by atoms with Crippen LogP contribution in [0.1, 0.15) is 51.9 Å². The zero-order valence-electron chi connectivity index (χ0n) is 17.4. The molecule has 3 saturated carbocycles. The summed E-state index contributed by atoms with van der Waals surface area (Å²) in [7, 11) is 0. The number of likely N-dealkylation sites (tertiary alicyclic amines) is 1. The maximum atomic E-state index is 13.0. The van der Waals surface area contributed by atoms with Gasteiger partial charge in [-0.1, -0.05) is 13.3 Å². The number of carbonyl (C=O) groups excluding carboxylic acids is 3. The number of fused-ring (bicyclic) bond motifs is 1. The molecule has 4 amide bonds. The molecule has 1 atom stereocenters. The maximum absolute atomic E-state index is 13.0. The van der Waals surface area contributed by atoms with Gasteiger partial charge in [-0.3, -0.25) is 4.79 Å². The van der Waals surface area contributed by atoms with Crippen molar-refractivity contribution >= 4 is 18.0 Å². The van der Waals surface area contributed by atoms with Crippen LogP contribution in [0.4, 0.5) is 9.59 Å². The Morgan fingerprint density at radius 1 is 1.14 bits per heavy atom. The molecule has 6 rings (SSSR count). The number of piperazine rings is 1. The van der Waals surface area contributed by atoms with Crippen LogP contribution in [0.2, 0.25) is 0 Å². The lowest BCUT2D eigenvalue weighted by Gasteiger charge is -2.73. The molecule has 0 aromatic rings. The average Bonchev–Trinajstić information content (AvgIpc) is 3.20. The fourth-order valence-corrected chi connectivity index (χ4v) is 6.33. The van der Waals surface area contributed by atoms with E-state index in [9.17, 15) is 14.4 Å². The van der Waals surface area contributed by atoms with Gasteiger partial charge < -0.3 is 24.3 Å². The number of unbranched alkanes of at least 4 members (excludes halogenated alkanes) is 1. The Balaban J connectivity index is 1.15. The summed E-state index contributed by atoms with van der Waals surface area (Å²) in [4.78, 5) is 45.1. The van der Waals surface area contributed by atoms with Crippen LogP contribution in [0.3, 0.4) is 0 Å². The number of carbonyl (C=O) groups is 3. The van der Waals surface area contributed by atoms with E-state index in [1.54, 1.807) is 4.90 Å². The zero-order chi connectivity index (χ0) is 20.2. The molecule has 0 spiro atoms. The van der Waals surface area contributed by atoms with Crippen LogP contribution in [0.15, 0.2) is 0 Å². The highest BCUT2D eigenvalue weighted by atomic mass is 16.6. The Kier molecular flexibility index (Phi) is 4.44. The fraction of sp³-hybridized carbons (Fsp3) is 0.857. The largest absolute Gasteiger partial charge is 0.449 e. The van der Waals surface area contributed by atoms with Crippen LogP contribution in [-0.2, 0) is 9.53 Å². The van der Waals surface area contributed by atoms with Crippen LogP contribution in [-0.4, -0.2) is 95.1 Å². The molecule has 0 radical (unpaired) electrons. The van der Waals surface area contributed by atoms with Crippen molar-refractivity contribution in [1.82, 2.24) is 19.6 Å². The van der Waals surface area contributed by atoms with Crippen LogP contribution in [0, 0.1) is 5.41 Å². The lowest BCUT2D eigenvalue weighted by Crippen LogP contribution is -2.77. The topological polar surface area (TPSA) is 73.4 Å². The summed E-state index contributed by atoms with van der Waals surface area (Å²) in [5, 5.41) is 0. The first-order chi connectivity index (χ1) is 14.0. The number of hydrogen-bond donors (Lipinski definition) is 0. The normalized spacial score (nSPS) is 35.6. The number of nitrogens with zero attached hydrogens (tertiary/aromatic N) is 4. The lowest BCUT2D eigenvalue weighted by atomic mass is 9.38. The highest BCUT2D eigenvalue weighted by Gasteiger charge is 2.72. The Morgan fingerprint density at radius 2 is 1.93 bits per heavy atom. The molecule has 0 aromatic heterocycles. The molecule has 0 aromatic carbocycles. The molecule has 3 saturated heterocycles. The standard InChI is InChI=1S/C21H32N4O4/c1-2-3-9-29-19(28)22-7-8-24-16(10-22)11-25(18(24)27)21-12-20(13-21,14-21)15-23-6-4-5-17(23)26/h16H,2-15H2,1H3/t16-,20?,21?/m0/s1. The molecule has 6 aliphatic rings. The van der Waals surface area contributed by atoms with E-state index in [-0.39, 0.29) is 29.1 Å². The predicted molar refractivity (Wildman–Crippen MR) is 105 cm³/mol. The van der Waals surface area contributed by atoms with E-state index >= 15 is 0 Å². The summed E-state index contributed by atoms with van der Waals surface area (Å²) >= 11 is 0. The Morgan fingerprint density at radius 3 is 2.62 bits per heavy atom. The van der Waals surface area contributed by atoms with Gasteiger partial charge in [-0.25, -0.2) is 9.59 Å². The van der Waals surface area contributed by atoms with Gasteiger partial charge in [0, 0.05) is 51.2 Å². The second-order valence-corrected chi connectivity index (χ2v) is 9.83. The molecule has 8 heteroatoms. The summed E-state index contributed by atoms with van der Waals surface area (Å²) in [5.74, 6) is 0.295. The molecule has 29 heavy (non-hydrogen) atoms. The minimum atomic E-state index is -0.247. The van der Waals surface area contributed by atoms with Crippen LogP contribution >= 0.6 is 0 Å². The molecular formula is C21H32N4O4. The molecular weight excluding hydrogens is 372 g/mol. The monoisotopic (exact) mass is 404 g/mol. The summed E-state index contributed by atoms with van der Waals surface area (Å²) in [6, 6.07) is 0.208. The van der Waals surface area contributed by atoms with Gasteiger partial charge in [0.1, 0.15) is 0 Å². The van der Waals surface area contributed by atoms with Crippen LogP contribution in [0.25, 0.3) is 0 Å². The lowest BCUT2D eigenvalue weighted by molar-refractivity contribution is -0.208. The first-order valence-electron chi connectivity index (χ1n) is 11.2. The third-order valence-corrected chi connectivity index (χ3v) is 7.72. The van der Waals surface area contributed by atoms with E-state index in [0.717, 1.165) is 51.6 Å². The van der Waals surface area contributed by atoms with Crippen LogP contribution < -0.4 is 0 Å². The van der Waals surface area contributed by atoms with Gasteiger partial charge in [0.25, 0.3) is 0 Å². The highest BCUT2D eigenvalue weighted by Crippen LogP contribution is 2.70. The van der Waals surface area contributed by atoms with E-state index < -0.39 is 0 Å². The SMILES string of the molecule is CCCCOC(=O)N1CCN2C(=O)N(C34CC(CN5CCCC5=O)(C3)C4)C[C@@H]2C1. The molecule has 2 bridgehead atoms. The minimum absolute atomic E-state index is 0.00363. The van der Waals surface area contributed by atoms with Gasteiger partial charge in [-0.2, -0.15) is 0 Å². The van der Waals surface area contributed by atoms with Crippen molar-refractivity contribution in [2.75, 3.05) is 45.9 Å². The van der Waals surface area contributed by atoms with E-state index in [1.807, 2.05) is 9.80 Å². The summed E-state index contributed by atoms with van der Waals surface area (Å²) < 4.78 is 5.35. The third-order valence-electron chi connectivity index (χ3n) is 7.72. The second-order valence-electron chi connectivity index (χ2n) is 9.83. The van der Waals surface area contributed by atoms with E-state index in [2.05, 4.69) is 11.8 Å². The molecule has 3 aliphatic carbocycles. The number of rotatable bonds is 6. The number of urea groups is 1. The van der Waals surface area contributed by atoms with Gasteiger partial charge in [-0.15, -0.1) is 0 Å². The summed E-state index contributed by atoms with van der Waals surface area (Å²) in [5.41, 5.74) is 0.252. The first-order valence-corrected chi connectivity index (χ1v) is 11.2. The van der Waals surface area contributed by atoms with Crippen molar-refractivity contribution in [3.63, 3.8) is 0 Å². The molecule has 8 nitrogen and oxygen atoms in total. The Labute approximate surface area is 172 Å². The van der Waals surface area contributed by atoms with Crippen molar-refractivity contribution < 1.29 is 19.1 Å². The number of amides is 4. The average molecular weight is 405 g/mol. The fourth-order valence-electron chi connectivity index (χ4n) is 6.33. The maximum Gasteiger partial charge on any atom is 0.409 e. The van der Waals surface area contributed by atoms with E-state index in [4.69, 9.17) is 4.74 Å². The highest BCUT2D eigenvalue weighted by molar-refractivity contribution is 5.80. The van der Waals surface area contributed by atoms with Gasteiger partial charge in [0.15, 0.2) is 0 Å². The van der Waals surface area contributed by atoms with Gasteiger partial charge in [-0.05, 0) is 37.5 Å². The molecule has 3 heterocycles. The van der Waals surface area contributed by atoms with E-state index in [0.29, 0.717) is 45.1 Å². The molecule has 6 fully saturated rings. The van der Waals surface area contributed by atoms with Crippen molar-refractivity contribution in [2.45, 2.75) is 63.5 Å². The Bertz CT molecular complexity index is 706.